The number of nitriles is 1. The van der Waals surface area contributed by atoms with Gasteiger partial charge in [-0.2, -0.15) is 5.26 Å². The average molecular weight is 591 g/mol. The number of ether oxygens (including phenoxy) is 1. The van der Waals surface area contributed by atoms with Crippen molar-refractivity contribution in [1.82, 2.24) is 0 Å². The Morgan fingerprint density at radius 1 is 0.929 bits per heavy atom. The number of nitrogens with zero attached hydrogens (tertiary/aromatic N) is 1. The molecule has 0 fully saturated rings. The second-order valence-corrected chi connectivity index (χ2v) is 8.95. The largest absolute Gasteiger partial charge is 0.487 e. The molecule has 0 aromatic heterocycles. The Kier molecular flexibility index (Phi) is 7.13. The summed E-state index contributed by atoms with van der Waals surface area (Å²) in [5.41, 5.74) is 6.14. The highest BCUT2D eigenvalue weighted by Gasteiger charge is 2.10. The molecule has 0 aliphatic heterocycles. The van der Waals surface area contributed by atoms with Crippen molar-refractivity contribution in [3.63, 3.8) is 0 Å². The van der Waals surface area contributed by atoms with Gasteiger partial charge < -0.3 is 4.74 Å². The van der Waals surface area contributed by atoms with E-state index in [-0.39, 0.29) is 0 Å². The normalized spacial score (nSPS) is 11.2. The Bertz CT molecular complexity index is 1020. The summed E-state index contributed by atoms with van der Waals surface area (Å²) in [5.74, 6) is 0.882. The van der Waals surface area contributed by atoms with Crippen molar-refractivity contribution < 1.29 is 4.74 Å². The predicted octanol–water partition coefficient (Wildman–Crippen LogP) is 7.16. The maximum atomic E-state index is 9.59. The van der Waals surface area contributed by atoms with E-state index in [9.17, 15) is 5.26 Å². The molecule has 0 aliphatic carbocycles. The Hall–Kier alpha value is -1.85. The Balaban J connectivity index is 1.83. The van der Waals surface area contributed by atoms with Crippen molar-refractivity contribution in [2.45, 2.75) is 20.5 Å². The summed E-state index contributed by atoms with van der Waals surface area (Å²) in [6.45, 7) is 4.66. The minimum Gasteiger partial charge on any atom is -0.487 e. The first-order chi connectivity index (χ1) is 13.5. The molecule has 3 rings (SSSR count). The van der Waals surface area contributed by atoms with Gasteiger partial charge in [0.15, 0.2) is 0 Å². The molecule has 0 amide bonds. The first-order valence-electron chi connectivity index (χ1n) is 8.82. The summed E-state index contributed by atoms with van der Waals surface area (Å²) >= 11 is 4.59. The molecule has 0 N–H and O–H groups in total. The number of allylic oxidation sites excluding steroid dienone is 1. The van der Waals surface area contributed by atoms with Gasteiger partial charge in [-0.05, 0) is 93.9 Å². The zero-order valence-electron chi connectivity index (χ0n) is 15.7. The van der Waals surface area contributed by atoms with Gasteiger partial charge in [-0.25, -0.2) is 0 Å². The van der Waals surface area contributed by atoms with Gasteiger partial charge in [-0.3, -0.25) is 0 Å². The lowest BCUT2D eigenvalue weighted by Gasteiger charge is -2.12. The van der Waals surface area contributed by atoms with Crippen LogP contribution < -0.4 is 4.74 Å². The van der Waals surface area contributed by atoms with Crippen molar-refractivity contribution in [3.05, 3.63) is 95.6 Å². The Morgan fingerprint density at radius 3 is 2.00 bits per heavy atom. The van der Waals surface area contributed by atoms with Gasteiger partial charge in [0, 0.05) is 0 Å². The zero-order valence-corrected chi connectivity index (χ0v) is 20.0. The number of hydrogen-bond donors (Lipinski definition) is 0. The van der Waals surface area contributed by atoms with Crippen molar-refractivity contribution in [1.29, 1.82) is 5.26 Å². The second-order valence-electron chi connectivity index (χ2n) is 6.62. The highest BCUT2D eigenvalue weighted by atomic mass is 127. The number of benzene rings is 3. The molecular weight excluding hydrogens is 572 g/mol. The molecule has 0 saturated carbocycles. The average Bonchev–Trinajstić information content (AvgIpc) is 2.67. The van der Waals surface area contributed by atoms with Crippen LogP contribution in [-0.2, 0) is 6.61 Å². The highest BCUT2D eigenvalue weighted by Crippen LogP contribution is 2.31. The van der Waals surface area contributed by atoms with Crippen molar-refractivity contribution >= 4 is 56.8 Å². The molecule has 28 heavy (non-hydrogen) atoms. The van der Waals surface area contributed by atoms with Crippen molar-refractivity contribution in [3.8, 4) is 11.8 Å². The van der Waals surface area contributed by atoms with E-state index < -0.39 is 0 Å². The third-order valence-corrected chi connectivity index (χ3v) is 5.92. The van der Waals surface area contributed by atoms with Gasteiger partial charge in [-0.1, -0.05) is 59.7 Å². The van der Waals surface area contributed by atoms with Gasteiger partial charge >= 0.3 is 0 Å². The first-order valence-corrected chi connectivity index (χ1v) is 11.0. The van der Waals surface area contributed by atoms with Gasteiger partial charge in [0.05, 0.1) is 18.8 Å². The van der Waals surface area contributed by atoms with Crippen LogP contribution >= 0.6 is 45.2 Å². The lowest BCUT2D eigenvalue weighted by molar-refractivity contribution is 0.301. The molecule has 0 heterocycles. The summed E-state index contributed by atoms with van der Waals surface area (Å²) in [5, 5.41) is 9.59. The molecule has 0 saturated heterocycles. The third kappa shape index (κ3) is 5.36. The molecule has 3 aromatic rings. The molecule has 140 valence electrons. The fourth-order valence-corrected chi connectivity index (χ4v) is 4.85. The molecule has 0 radical (unpaired) electrons. The van der Waals surface area contributed by atoms with Gasteiger partial charge in [0.1, 0.15) is 12.4 Å². The van der Waals surface area contributed by atoms with E-state index in [1.807, 2.05) is 37.3 Å². The lowest BCUT2D eigenvalue weighted by atomic mass is 10.0. The maximum Gasteiger partial charge on any atom is 0.146 e. The van der Waals surface area contributed by atoms with Crippen LogP contribution in [0.5, 0.6) is 5.75 Å². The smallest absolute Gasteiger partial charge is 0.146 e. The van der Waals surface area contributed by atoms with Crippen molar-refractivity contribution in [2.24, 2.45) is 0 Å². The maximum absolute atomic E-state index is 9.59. The van der Waals surface area contributed by atoms with E-state index >= 15 is 0 Å². The van der Waals surface area contributed by atoms with Crippen LogP contribution in [0.1, 0.15) is 27.8 Å². The van der Waals surface area contributed by atoms with Crippen LogP contribution in [0.15, 0.2) is 60.7 Å². The second kappa shape index (κ2) is 9.57. The minimum atomic E-state index is 0.536. The van der Waals surface area contributed by atoms with Crippen LogP contribution in [0.4, 0.5) is 0 Å². The topological polar surface area (TPSA) is 33.0 Å². The molecule has 0 bridgehead atoms. The summed E-state index contributed by atoms with van der Waals surface area (Å²) in [7, 11) is 0. The summed E-state index contributed by atoms with van der Waals surface area (Å²) < 4.78 is 8.14. The van der Waals surface area contributed by atoms with E-state index in [2.05, 4.69) is 94.6 Å². The monoisotopic (exact) mass is 591 g/mol. The Labute approximate surface area is 193 Å². The summed E-state index contributed by atoms with van der Waals surface area (Å²) in [6.07, 6.45) is 1.93. The van der Waals surface area contributed by atoms with E-state index in [1.165, 1.54) is 11.1 Å². The third-order valence-electron chi connectivity index (χ3n) is 4.32. The number of hydrogen-bond acceptors (Lipinski definition) is 2. The molecule has 2 nitrogen and oxygen atoms in total. The van der Waals surface area contributed by atoms with Crippen LogP contribution in [-0.4, -0.2) is 0 Å². The number of halogens is 2. The number of rotatable bonds is 5. The molecule has 0 aliphatic rings. The van der Waals surface area contributed by atoms with E-state index in [0.717, 1.165) is 29.6 Å². The zero-order chi connectivity index (χ0) is 20.1. The summed E-state index contributed by atoms with van der Waals surface area (Å²) in [6, 6.07) is 22.8. The molecule has 0 atom stereocenters. The standard InChI is InChI=1S/C24H19I2NO/c1-16-3-7-18(8-4-16)15-28-24-22(25)12-19(13-23(24)26)11-21(14-27)20-9-5-17(2)6-10-20/h3-13H,15H2,1-2H3/b21-11-. The SMILES string of the molecule is Cc1ccc(COc2c(I)cc(/C=C(/C#N)c3ccc(C)cc3)cc2I)cc1. The van der Waals surface area contributed by atoms with E-state index in [4.69, 9.17) is 4.74 Å². The van der Waals surface area contributed by atoms with Crippen LogP contribution in [0.2, 0.25) is 0 Å². The quantitative estimate of drug-likeness (QED) is 0.179. The molecular formula is C24H19I2NO. The van der Waals surface area contributed by atoms with E-state index in [1.54, 1.807) is 0 Å². The van der Waals surface area contributed by atoms with Crippen LogP contribution in [0.3, 0.4) is 0 Å². The lowest BCUT2D eigenvalue weighted by Crippen LogP contribution is -1.99. The van der Waals surface area contributed by atoms with Crippen LogP contribution in [0, 0.1) is 32.3 Å². The highest BCUT2D eigenvalue weighted by molar-refractivity contribution is 14.1. The van der Waals surface area contributed by atoms with Gasteiger partial charge in [0.2, 0.25) is 0 Å². The van der Waals surface area contributed by atoms with Gasteiger partial charge in [0.25, 0.3) is 0 Å². The predicted molar refractivity (Wildman–Crippen MR) is 132 cm³/mol. The molecule has 0 unspecified atom stereocenters. The summed E-state index contributed by atoms with van der Waals surface area (Å²) in [4.78, 5) is 0. The Morgan fingerprint density at radius 2 is 1.46 bits per heavy atom. The first kappa shape index (κ1) is 20.9. The minimum absolute atomic E-state index is 0.536. The number of aryl methyl sites for hydroxylation is 2. The van der Waals surface area contributed by atoms with Gasteiger partial charge in [-0.15, -0.1) is 0 Å². The molecule has 4 heteroatoms. The molecule has 3 aromatic carbocycles. The van der Waals surface area contributed by atoms with E-state index in [0.29, 0.717) is 12.2 Å². The molecule has 0 spiro atoms. The van der Waals surface area contributed by atoms with Crippen LogP contribution in [0.25, 0.3) is 11.6 Å². The fraction of sp³-hybridized carbons (Fsp3) is 0.125. The fourth-order valence-electron chi connectivity index (χ4n) is 2.72. The van der Waals surface area contributed by atoms with Crippen molar-refractivity contribution in [2.75, 3.05) is 0 Å².